The first kappa shape index (κ1) is 23.5. The second-order valence-electron chi connectivity index (χ2n) is 8.91. The van der Waals surface area contributed by atoms with Crippen LogP contribution in [0.2, 0.25) is 0 Å². The molecule has 0 aliphatic carbocycles. The van der Waals surface area contributed by atoms with Crippen molar-refractivity contribution >= 4 is 41.0 Å². The van der Waals surface area contributed by atoms with Gasteiger partial charge < -0.3 is 26.0 Å². The van der Waals surface area contributed by atoms with Crippen LogP contribution >= 0.6 is 0 Å². The highest BCUT2D eigenvalue weighted by Gasteiger charge is 2.25. The van der Waals surface area contributed by atoms with Crippen molar-refractivity contribution < 1.29 is 14.3 Å². The van der Waals surface area contributed by atoms with Crippen molar-refractivity contribution in [1.82, 2.24) is 25.6 Å². The molecule has 11 nitrogen and oxygen atoms in total. The molecule has 4 N–H and O–H groups in total. The van der Waals surface area contributed by atoms with Gasteiger partial charge in [-0.1, -0.05) is 6.07 Å². The van der Waals surface area contributed by atoms with E-state index in [2.05, 4.69) is 48.4 Å². The summed E-state index contributed by atoms with van der Waals surface area (Å²) in [5, 5.41) is 12.7. The number of rotatable bonds is 7. The fourth-order valence-corrected chi connectivity index (χ4v) is 4.11. The van der Waals surface area contributed by atoms with E-state index in [-0.39, 0.29) is 11.9 Å². The number of cyclic esters (lactones) is 1. The molecular formula is C25H28N8O3. The maximum absolute atomic E-state index is 12.9. The summed E-state index contributed by atoms with van der Waals surface area (Å²) in [5.41, 5.74) is 4.36. The predicted octanol–water partition coefficient (Wildman–Crippen LogP) is 3.10. The van der Waals surface area contributed by atoms with Gasteiger partial charge >= 0.3 is 6.09 Å². The van der Waals surface area contributed by atoms with Crippen LogP contribution in [0, 0.1) is 0 Å². The molecule has 1 saturated heterocycles. The number of benzene rings is 1. The molecule has 3 aromatic rings. The lowest BCUT2D eigenvalue weighted by atomic mass is 10.0. The Balaban J connectivity index is 1.43. The third-order valence-electron chi connectivity index (χ3n) is 5.85. The summed E-state index contributed by atoms with van der Waals surface area (Å²) in [6, 6.07) is 9.59. The lowest BCUT2D eigenvalue weighted by molar-refractivity contribution is 0.0943. The number of pyridine rings is 1. The van der Waals surface area contributed by atoms with Crippen molar-refractivity contribution in [3.63, 3.8) is 0 Å². The van der Waals surface area contributed by atoms with Gasteiger partial charge in [0.1, 0.15) is 23.8 Å². The molecular weight excluding hydrogens is 460 g/mol. The molecule has 0 saturated carbocycles. The van der Waals surface area contributed by atoms with Crippen LogP contribution in [0.4, 0.5) is 33.8 Å². The highest BCUT2D eigenvalue weighted by atomic mass is 16.6. The molecule has 0 atom stereocenters. The summed E-state index contributed by atoms with van der Waals surface area (Å²) in [4.78, 5) is 39.6. The van der Waals surface area contributed by atoms with Crippen LogP contribution in [0.15, 0.2) is 42.7 Å². The molecule has 5 rings (SSSR count). The van der Waals surface area contributed by atoms with E-state index in [1.807, 2.05) is 19.9 Å². The minimum absolute atomic E-state index is 0.0538. The second kappa shape index (κ2) is 10.2. The lowest BCUT2D eigenvalue weighted by Gasteiger charge is -2.18. The number of carbonyl (C=O) groups is 2. The third kappa shape index (κ3) is 5.20. The van der Waals surface area contributed by atoms with Crippen LogP contribution in [0.25, 0.3) is 0 Å². The summed E-state index contributed by atoms with van der Waals surface area (Å²) >= 11 is 0. The van der Waals surface area contributed by atoms with Crippen LogP contribution in [-0.4, -0.2) is 52.7 Å². The number of carbonyl (C=O) groups excluding carboxylic acids is 2. The Bertz CT molecular complexity index is 1300. The van der Waals surface area contributed by atoms with E-state index in [4.69, 9.17) is 4.74 Å². The monoisotopic (exact) mass is 488 g/mol. The Labute approximate surface area is 208 Å². The van der Waals surface area contributed by atoms with Gasteiger partial charge in [-0.2, -0.15) is 4.98 Å². The molecule has 2 amide bonds. The minimum atomic E-state index is -0.439. The van der Waals surface area contributed by atoms with Crippen LogP contribution in [-0.2, 0) is 17.7 Å². The zero-order valence-corrected chi connectivity index (χ0v) is 20.2. The largest absolute Gasteiger partial charge is 0.447 e. The van der Waals surface area contributed by atoms with E-state index >= 15 is 0 Å². The average molecular weight is 489 g/mol. The molecule has 11 heteroatoms. The molecule has 0 bridgehead atoms. The number of ether oxygens (including phenoxy) is 1. The van der Waals surface area contributed by atoms with Gasteiger partial charge in [-0.15, -0.1) is 0 Å². The van der Waals surface area contributed by atoms with Crippen molar-refractivity contribution in [3.05, 3.63) is 59.4 Å². The number of anilines is 5. The molecule has 2 aliphatic heterocycles. The first-order valence-electron chi connectivity index (χ1n) is 11.9. The summed E-state index contributed by atoms with van der Waals surface area (Å²) < 4.78 is 5.01. The third-order valence-corrected chi connectivity index (χ3v) is 5.85. The molecule has 36 heavy (non-hydrogen) atoms. The van der Waals surface area contributed by atoms with Crippen molar-refractivity contribution in [1.29, 1.82) is 0 Å². The van der Waals surface area contributed by atoms with E-state index < -0.39 is 6.09 Å². The zero-order valence-electron chi connectivity index (χ0n) is 20.2. The number of hydrogen-bond donors (Lipinski definition) is 4. The van der Waals surface area contributed by atoms with Gasteiger partial charge in [-0.05, 0) is 56.1 Å². The summed E-state index contributed by atoms with van der Waals surface area (Å²) in [7, 11) is 0. The van der Waals surface area contributed by atoms with Crippen LogP contribution in [0.5, 0.6) is 0 Å². The van der Waals surface area contributed by atoms with Crippen LogP contribution in [0.3, 0.4) is 0 Å². The molecule has 4 heterocycles. The number of nitrogens with zero attached hydrogens (tertiary/aromatic N) is 4. The van der Waals surface area contributed by atoms with Crippen molar-refractivity contribution in [2.24, 2.45) is 0 Å². The van der Waals surface area contributed by atoms with Crippen molar-refractivity contribution in [3.8, 4) is 0 Å². The standard InChI is InChI=1S/C25H28N8O3/c1-15(2)29-23(34)20-14-28-24(31-18-4-3-17-13-26-7-5-16(17)11-18)32-22(20)30-19-6-8-27-21(12-19)33-9-10-36-25(33)35/h3-4,6,8,11-12,14-15,26H,5,7,9-10,13H2,1-2H3,(H,29,34)(H2,27,28,30,31,32). The van der Waals surface area contributed by atoms with Gasteiger partial charge in [0, 0.05) is 42.4 Å². The molecule has 0 spiro atoms. The van der Waals surface area contributed by atoms with Gasteiger partial charge in [0.15, 0.2) is 0 Å². The average Bonchev–Trinajstić information content (AvgIpc) is 3.30. The number of aromatic nitrogens is 3. The highest BCUT2D eigenvalue weighted by Crippen LogP contribution is 2.26. The summed E-state index contributed by atoms with van der Waals surface area (Å²) in [5.74, 6) is 0.836. The zero-order chi connectivity index (χ0) is 25.1. The Hall–Kier alpha value is -4.25. The van der Waals surface area contributed by atoms with Crippen molar-refractivity contribution in [2.45, 2.75) is 32.9 Å². The first-order valence-corrected chi connectivity index (χ1v) is 11.9. The topological polar surface area (TPSA) is 133 Å². The van der Waals surface area contributed by atoms with E-state index in [1.54, 1.807) is 18.3 Å². The van der Waals surface area contributed by atoms with Gasteiger partial charge in [-0.3, -0.25) is 9.69 Å². The van der Waals surface area contributed by atoms with Crippen molar-refractivity contribution in [2.75, 3.05) is 35.2 Å². The summed E-state index contributed by atoms with van der Waals surface area (Å²) in [6.07, 6.45) is 3.60. The van der Waals surface area contributed by atoms with E-state index in [1.165, 1.54) is 22.2 Å². The van der Waals surface area contributed by atoms with E-state index in [0.717, 1.165) is 25.2 Å². The van der Waals surface area contributed by atoms with Crippen LogP contribution in [0.1, 0.15) is 35.3 Å². The predicted molar refractivity (Wildman–Crippen MR) is 136 cm³/mol. The maximum Gasteiger partial charge on any atom is 0.415 e. The molecule has 0 radical (unpaired) electrons. The first-order chi connectivity index (χ1) is 17.5. The molecule has 2 aliphatic rings. The molecule has 2 aromatic heterocycles. The van der Waals surface area contributed by atoms with Gasteiger partial charge in [0.2, 0.25) is 5.95 Å². The molecule has 1 aromatic carbocycles. The minimum Gasteiger partial charge on any atom is -0.447 e. The maximum atomic E-state index is 12.9. The quantitative estimate of drug-likeness (QED) is 0.396. The SMILES string of the molecule is CC(C)NC(=O)c1cnc(Nc2ccc3c(c2)CCNC3)nc1Nc1ccnc(N2CCOC2=O)c1. The number of hydrogen-bond acceptors (Lipinski definition) is 9. The van der Waals surface area contributed by atoms with Crippen LogP contribution < -0.4 is 26.2 Å². The summed E-state index contributed by atoms with van der Waals surface area (Å²) in [6.45, 7) is 6.33. The van der Waals surface area contributed by atoms with Gasteiger partial charge in [0.05, 0.1) is 6.54 Å². The highest BCUT2D eigenvalue weighted by molar-refractivity contribution is 5.99. The van der Waals surface area contributed by atoms with Gasteiger partial charge in [-0.25, -0.2) is 14.8 Å². The number of nitrogens with one attached hydrogen (secondary N) is 4. The Morgan fingerprint density at radius 2 is 1.97 bits per heavy atom. The Morgan fingerprint density at radius 3 is 2.78 bits per heavy atom. The van der Waals surface area contributed by atoms with E-state index in [0.29, 0.717) is 42.0 Å². The normalized spacial score (nSPS) is 14.9. The van der Waals surface area contributed by atoms with Gasteiger partial charge in [0.25, 0.3) is 5.91 Å². The number of amides is 2. The Morgan fingerprint density at radius 1 is 1.11 bits per heavy atom. The fraction of sp³-hybridized carbons (Fsp3) is 0.320. The number of fused-ring (bicyclic) bond motifs is 1. The smallest absolute Gasteiger partial charge is 0.415 e. The van der Waals surface area contributed by atoms with E-state index in [9.17, 15) is 9.59 Å². The Kier molecular flexibility index (Phi) is 6.63. The second-order valence-corrected chi connectivity index (χ2v) is 8.91. The fourth-order valence-electron chi connectivity index (χ4n) is 4.11. The molecule has 1 fully saturated rings. The molecule has 186 valence electrons. The molecule has 0 unspecified atom stereocenters. The lowest BCUT2D eigenvalue weighted by Crippen LogP contribution is -2.31.